The second kappa shape index (κ2) is 8.21. The first-order chi connectivity index (χ1) is 13.2. The van der Waals surface area contributed by atoms with Crippen LogP contribution in [0.3, 0.4) is 0 Å². The summed E-state index contributed by atoms with van der Waals surface area (Å²) in [6.07, 6.45) is 11.0. The van der Waals surface area contributed by atoms with Crippen molar-refractivity contribution in [2.45, 2.75) is 51.0 Å². The summed E-state index contributed by atoms with van der Waals surface area (Å²) < 4.78 is 13.0. The lowest BCUT2D eigenvalue weighted by Crippen LogP contribution is -2.32. The molecular formula is C19H27N5O3. The monoisotopic (exact) mass is 373 g/mol. The van der Waals surface area contributed by atoms with Gasteiger partial charge in [-0.25, -0.2) is 4.98 Å². The Morgan fingerprint density at radius 1 is 1.30 bits per heavy atom. The second-order valence-corrected chi connectivity index (χ2v) is 7.54. The molecule has 0 N–H and O–H groups in total. The first-order valence-corrected chi connectivity index (χ1v) is 9.91. The van der Waals surface area contributed by atoms with Crippen LogP contribution in [0.15, 0.2) is 16.9 Å². The number of hydrogen-bond acceptors (Lipinski definition) is 6. The predicted molar refractivity (Wildman–Crippen MR) is 97.0 cm³/mol. The van der Waals surface area contributed by atoms with Gasteiger partial charge in [-0.2, -0.15) is 4.98 Å². The molecule has 0 radical (unpaired) electrons. The zero-order chi connectivity index (χ0) is 18.6. The van der Waals surface area contributed by atoms with E-state index in [1.165, 1.54) is 25.7 Å². The minimum atomic E-state index is -0.171. The molecule has 3 heterocycles. The Bertz CT molecular complexity index is 765. The van der Waals surface area contributed by atoms with Crippen molar-refractivity contribution in [2.24, 2.45) is 13.0 Å². The Hall–Kier alpha value is -2.22. The van der Waals surface area contributed by atoms with Crippen molar-refractivity contribution < 1.29 is 14.1 Å². The van der Waals surface area contributed by atoms with E-state index in [1.54, 1.807) is 21.9 Å². The van der Waals surface area contributed by atoms with Crippen LogP contribution in [-0.2, 0) is 18.2 Å². The van der Waals surface area contributed by atoms with Gasteiger partial charge in [0.15, 0.2) is 11.6 Å². The summed E-state index contributed by atoms with van der Waals surface area (Å²) in [7, 11) is 1.82. The van der Waals surface area contributed by atoms with Crippen molar-refractivity contribution in [1.29, 1.82) is 0 Å². The van der Waals surface area contributed by atoms with Gasteiger partial charge in [0.1, 0.15) is 6.04 Å². The van der Waals surface area contributed by atoms with Gasteiger partial charge >= 0.3 is 0 Å². The number of carbonyl (C=O) groups is 1. The highest BCUT2D eigenvalue weighted by Gasteiger charge is 2.35. The van der Waals surface area contributed by atoms with Crippen LogP contribution < -0.4 is 0 Å². The van der Waals surface area contributed by atoms with Crippen molar-refractivity contribution in [3.05, 3.63) is 29.9 Å². The topological polar surface area (TPSA) is 86.3 Å². The zero-order valence-electron chi connectivity index (χ0n) is 15.8. The van der Waals surface area contributed by atoms with Gasteiger partial charge in [-0.1, -0.05) is 18.0 Å². The van der Waals surface area contributed by atoms with Crippen LogP contribution in [0.25, 0.3) is 0 Å². The number of carbonyl (C=O) groups excluding carboxylic acids is 1. The van der Waals surface area contributed by atoms with Crippen molar-refractivity contribution >= 4 is 5.91 Å². The van der Waals surface area contributed by atoms with Gasteiger partial charge in [0.25, 0.3) is 5.91 Å². The molecule has 27 heavy (non-hydrogen) atoms. The highest BCUT2D eigenvalue weighted by atomic mass is 16.5. The summed E-state index contributed by atoms with van der Waals surface area (Å²) in [6.45, 7) is 2.12. The second-order valence-electron chi connectivity index (χ2n) is 7.54. The first kappa shape index (κ1) is 18.2. The van der Waals surface area contributed by atoms with E-state index in [-0.39, 0.29) is 11.9 Å². The molecule has 8 nitrogen and oxygen atoms in total. The number of aryl methyl sites for hydroxylation is 1. The SMILES string of the molecule is Cn1ccnc1C(=O)N1CCCC1c1nc(CCOCC2CCCC2)no1. The average Bonchev–Trinajstić information content (AvgIpc) is 3.45. The molecule has 1 amide bonds. The molecule has 8 heteroatoms. The number of hydrogen-bond donors (Lipinski definition) is 0. The molecule has 1 aliphatic carbocycles. The quantitative estimate of drug-likeness (QED) is 0.693. The number of amides is 1. The molecule has 2 aromatic rings. The van der Waals surface area contributed by atoms with E-state index in [0.717, 1.165) is 25.4 Å². The third kappa shape index (κ3) is 4.05. The minimum absolute atomic E-state index is 0.0929. The van der Waals surface area contributed by atoms with Crippen molar-refractivity contribution in [1.82, 2.24) is 24.6 Å². The molecule has 1 aliphatic heterocycles. The molecule has 1 saturated heterocycles. The molecule has 1 saturated carbocycles. The average molecular weight is 373 g/mol. The molecule has 1 unspecified atom stereocenters. The Balaban J connectivity index is 1.32. The summed E-state index contributed by atoms with van der Waals surface area (Å²) >= 11 is 0. The standard InChI is InChI=1S/C19H27N5O3/c1-23-11-9-20-17(23)19(25)24-10-4-7-15(24)18-21-16(22-27-18)8-12-26-13-14-5-2-3-6-14/h9,11,14-15H,2-8,10,12-13H2,1H3. The van der Waals surface area contributed by atoms with Gasteiger partial charge in [-0.05, 0) is 31.6 Å². The van der Waals surface area contributed by atoms with Crippen LogP contribution in [0, 0.1) is 5.92 Å². The van der Waals surface area contributed by atoms with E-state index in [4.69, 9.17) is 9.26 Å². The lowest BCUT2D eigenvalue weighted by Gasteiger charge is -2.21. The van der Waals surface area contributed by atoms with E-state index in [1.807, 2.05) is 7.05 Å². The van der Waals surface area contributed by atoms with Gasteiger partial charge in [0.05, 0.1) is 6.61 Å². The number of imidazole rings is 1. The molecule has 0 aromatic carbocycles. The predicted octanol–water partition coefficient (Wildman–Crippen LogP) is 2.53. The molecule has 4 rings (SSSR count). The Morgan fingerprint density at radius 2 is 2.15 bits per heavy atom. The van der Waals surface area contributed by atoms with E-state index in [9.17, 15) is 4.79 Å². The van der Waals surface area contributed by atoms with Crippen LogP contribution in [0.5, 0.6) is 0 Å². The van der Waals surface area contributed by atoms with Gasteiger partial charge in [0, 0.05) is 39.0 Å². The highest BCUT2D eigenvalue weighted by molar-refractivity contribution is 5.91. The molecule has 0 bridgehead atoms. The van der Waals surface area contributed by atoms with Crippen molar-refractivity contribution in [3.8, 4) is 0 Å². The van der Waals surface area contributed by atoms with Crippen LogP contribution in [0.2, 0.25) is 0 Å². The van der Waals surface area contributed by atoms with E-state index in [0.29, 0.717) is 37.1 Å². The summed E-state index contributed by atoms with van der Waals surface area (Å²) in [5, 5.41) is 4.08. The molecular weight excluding hydrogens is 346 g/mol. The zero-order valence-corrected chi connectivity index (χ0v) is 15.8. The summed E-state index contributed by atoms with van der Waals surface area (Å²) in [6, 6.07) is -0.171. The maximum absolute atomic E-state index is 12.8. The molecule has 2 aliphatic rings. The Kier molecular flexibility index (Phi) is 5.52. The fourth-order valence-corrected chi connectivity index (χ4v) is 4.06. The van der Waals surface area contributed by atoms with Gasteiger partial charge < -0.3 is 18.7 Å². The third-order valence-corrected chi connectivity index (χ3v) is 5.59. The summed E-state index contributed by atoms with van der Waals surface area (Å²) in [5.41, 5.74) is 0. The number of ether oxygens (including phenoxy) is 1. The maximum Gasteiger partial charge on any atom is 0.290 e. The van der Waals surface area contributed by atoms with Crippen LogP contribution in [0.1, 0.15) is 66.9 Å². The largest absolute Gasteiger partial charge is 0.381 e. The third-order valence-electron chi connectivity index (χ3n) is 5.59. The number of rotatable bonds is 7. The van der Waals surface area contributed by atoms with Crippen LogP contribution in [0.4, 0.5) is 0 Å². The lowest BCUT2D eigenvalue weighted by molar-refractivity contribution is 0.0694. The van der Waals surface area contributed by atoms with Gasteiger partial charge in [0.2, 0.25) is 5.89 Å². The smallest absolute Gasteiger partial charge is 0.290 e. The van der Waals surface area contributed by atoms with Gasteiger partial charge in [-0.3, -0.25) is 4.79 Å². The first-order valence-electron chi connectivity index (χ1n) is 9.91. The van der Waals surface area contributed by atoms with Crippen molar-refractivity contribution in [3.63, 3.8) is 0 Å². The van der Waals surface area contributed by atoms with E-state index >= 15 is 0 Å². The molecule has 146 valence electrons. The van der Waals surface area contributed by atoms with Gasteiger partial charge in [-0.15, -0.1) is 0 Å². The summed E-state index contributed by atoms with van der Waals surface area (Å²) in [4.78, 5) is 23.3. The number of likely N-dealkylation sites (tertiary alicyclic amines) is 1. The lowest BCUT2D eigenvalue weighted by atomic mass is 10.1. The van der Waals surface area contributed by atoms with E-state index < -0.39 is 0 Å². The molecule has 2 fully saturated rings. The minimum Gasteiger partial charge on any atom is -0.381 e. The maximum atomic E-state index is 12.8. The molecule has 0 spiro atoms. The highest BCUT2D eigenvalue weighted by Crippen LogP contribution is 2.32. The number of nitrogens with zero attached hydrogens (tertiary/aromatic N) is 5. The Morgan fingerprint density at radius 3 is 2.93 bits per heavy atom. The fraction of sp³-hybridized carbons (Fsp3) is 0.684. The molecule has 2 aromatic heterocycles. The van der Waals surface area contributed by atoms with Crippen molar-refractivity contribution in [2.75, 3.05) is 19.8 Å². The normalized spacial score (nSPS) is 20.6. The Labute approximate surface area is 158 Å². The van der Waals surface area contributed by atoms with Crippen LogP contribution >= 0.6 is 0 Å². The van der Waals surface area contributed by atoms with Crippen LogP contribution in [-0.4, -0.2) is 50.3 Å². The fourth-order valence-electron chi connectivity index (χ4n) is 4.06. The number of aromatic nitrogens is 4. The van der Waals surface area contributed by atoms with E-state index in [2.05, 4.69) is 15.1 Å². The molecule has 1 atom stereocenters. The summed E-state index contributed by atoms with van der Waals surface area (Å²) in [5.74, 6) is 2.22.